The molecule has 0 bridgehead atoms. The Morgan fingerprint density at radius 3 is 2.44 bits per heavy atom. The summed E-state index contributed by atoms with van der Waals surface area (Å²) in [7, 11) is 0.422. The van der Waals surface area contributed by atoms with Crippen LogP contribution in [0.15, 0.2) is 46.4 Å². The van der Waals surface area contributed by atoms with Gasteiger partial charge in [-0.3, -0.25) is 0 Å². The number of hydrogen-bond donors (Lipinski definition) is 5. The molecule has 2 aromatic rings. The molecule has 4 rings (SSSR count). The van der Waals surface area contributed by atoms with Crippen LogP contribution in [0.1, 0.15) is 35.4 Å². The molecule has 172 valence electrons. The van der Waals surface area contributed by atoms with E-state index in [9.17, 15) is 4.21 Å². The van der Waals surface area contributed by atoms with Gasteiger partial charge in [0.25, 0.3) is 0 Å². The molecular weight excluding hydrogens is 422 g/mol. The molecule has 2 aromatic carbocycles. The summed E-state index contributed by atoms with van der Waals surface area (Å²) in [4.78, 5) is 2.89. The molecular formula is C23H33N7OS. The van der Waals surface area contributed by atoms with Crippen molar-refractivity contribution in [3.8, 4) is 11.1 Å². The summed E-state index contributed by atoms with van der Waals surface area (Å²) in [6.07, 6.45) is 3.03. The largest absolute Gasteiger partial charge is 0.382 e. The molecule has 8 nitrogen and oxygen atoms in total. The van der Waals surface area contributed by atoms with Crippen LogP contribution >= 0.6 is 0 Å². The van der Waals surface area contributed by atoms with Crippen molar-refractivity contribution in [2.45, 2.75) is 30.1 Å². The van der Waals surface area contributed by atoms with Gasteiger partial charge in [-0.1, -0.05) is 36.4 Å². The lowest BCUT2D eigenvalue weighted by Gasteiger charge is -2.29. The van der Waals surface area contributed by atoms with Crippen LogP contribution in [0.3, 0.4) is 0 Å². The molecule has 2 heterocycles. The van der Waals surface area contributed by atoms with Crippen molar-refractivity contribution in [2.24, 2.45) is 27.7 Å². The zero-order valence-electron chi connectivity index (χ0n) is 18.5. The van der Waals surface area contributed by atoms with Crippen LogP contribution < -0.4 is 27.6 Å². The summed E-state index contributed by atoms with van der Waals surface area (Å²) < 4.78 is 12.8. The van der Waals surface area contributed by atoms with E-state index in [4.69, 9.17) is 16.7 Å². The van der Waals surface area contributed by atoms with Crippen LogP contribution in [0.25, 0.3) is 11.1 Å². The van der Waals surface area contributed by atoms with Gasteiger partial charge in [-0.25, -0.2) is 20.7 Å². The molecule has 9 heteroatoms. The maximum absolute atomic E-state index is 12.8. The standard InChI is InChI=1S/C23H33N7OS/c1-30-10-8-15(9-11-30)12-18-6-7-20(21(22(18)32(26)31)23(24)28-29-25)17-4-2-16(3-5-17)19-13-27-14-19/h2-7,15,19,27,29H,8-14,25-26H2,1H3,(H2,24,28). The number of nitrogens with zero attached hydrogens (tertiary/aromatic N) is 2. The fourth-order valence-electron chi connectivity index (χ4n) is 4.67. The predicted molar refractivity (Wildman–Crippen MR) is 130 cm³/mol. The Kier molecular flexibility index (Phi) is 7.22. The number of nitrogens with two attached hydrogens (primary N) is 3. The summed E-state index contributed by atoms with van der Waals surface area (Å²) in [5.41, 5.74) is 13.3. The van der Waals surface area contributed by atoms with Crippen molar-refractivity contribution in [2.75, 3.05) is 33.2 Å². The number of hydrazine groups is 1. The van der Waals surface area contributed by atoms with E-state index < -0.39 is 11.0 Å². The lowest BCUT2D eigenvalue weighted by molar-refractivity contribution is 0.218. The number of rotatable bonds is 7. The minimum Gasteiger partial charge on any atom is -0.382 e. The lowest BCUT2D eigenvalue weighted by atomic mass is 9.87. The van der Waals surface area contributed by atoms with Gasteiger partial charge < -0.3 is 16.0 Å². The quantitative estimate of drug-likeness (QED) is 0.183. The van der Waals surface area contributed by atoms with Crippen LogP contribution in [-0.4, -0.2) is 48.2 Å². The van der Waals surface area contributed by atoms with E-state index in [2.05, 4.69) is 52.2 Å². The number of benzene rings is 2. The molecule has 32 heavy (non-hydrogen) atoms. The van der Waals surface area contributed by atoms with Crippen LogP contribution in [0.4, 0.5) is 0 Å². The van der Waals surface area contributed by atoms with E-state index in [0.717, 1.165) is 62.1 Å². The van der Waals surface area contributed by atoms with Crippen LogP contribution in [0, 0.1) is 5.92 Å². The number of amidine groups is 1. The molecule has 0 saturated carbocycles. The zero-order chi connectivity index (χ0) is 22.7. The smallest absolute Gasteiger partial charge is 0.154 e. The highest BCUT2D eigenvalue weighted by molar-refractivity contribution is 7.82. The van der Waals surface area contributed by atoms with Crippen molar-refractivity contribution in [1.82, 2.24) is 15.8 Å². The molecule has 0 amide bonds. The second kappa shape index (κ2) is 10.1. The first-order valence-corrected chi connectivity index (χ1v) is 12.3. The van der Waals surface area contributed by atoms with Gasteiger partial charge in [0, 0.05) is 24.6 Å². The highest BCUT2D eigenvalue weighted by Crippen LogP contribution is 2.33. The first-order chi connectivity index (χ1) is 15.5. The van der Waals surface area contributed by atoms with Gasteiger partial charge in [0.1, 0.15) is 11.0 Å². The third-order valence-corrected chi connectivity index (χ3v) is 7.57. The third kappa shape index (κ3) is 4.87. The van der Waals surface area contributed by atoms with Crippen molar-refractivity contribution in [3.05, 3.63) is 53.1 Å². The molecule has 2 saturated heterocycles. The molecule has 1 unspecified atom stereocenters. The Balaban J connectivity index is 1.75. The fourth-order valence-corrected chi connectivity index (χ4v) is 5.50. The monoisotopic (exact) mass is 455 g/mol. The topological polar surface area (TPSA) is 135 Å². The highest BCUT2D eigenvalue weighted by atomic mass is 32.2. The maximum atomic E-state index is 12.8. The molecule has 0 radical (unpaired) electrons. The summed E-state index contributed by atoms with van der Waals surface area (Å²) in [6.45, 7) is 4.16. The predicted octanol–water partition coefficient (Wildman–Crippen LogP) is 0.990. The fraction of sp³-hybridized carbons (Fsp3) is 0.435. The molecule has 0 spiro atoms. The normalized spacial score (nSPS) is 19.5. The number of likely N-dealkylation sites (tertiary alicyclic amines) is 1. The second-order valence-electron chi connectivity index (χ2n) is 8.83. The van der Waals surface area contributed by atoms with E-state index in [1.807, 2.05) is 12.1 Å². The highest BCUT2D eigenvalue weighted by Gasteiger charge is 2.25. The summed E-state index contributed by atoms with van der Waals surface area (Å²) >= 11 is 0. The van der Waals surface area contributed by atoms with Gasteiger partial charge in [-0.15, -0.1) is 5.10 Å². The summed E-state index contributed by atoms with van der Waals surface area (Å²) in [5, 5.41) is 13.3. The molecule has 2 aliphatic rings. The molecule has 0 aromatic heterocycles. The first-order valence-electron chi connectivity index (χ1n) is 11.1. The molecule has 8 N–H and O–H groups in total. The average molecular weight is 456 g/mol. The summed E-state index contributed by atoms with van der Waals surface area (Å²) in [5.74, 6) is 6.67. The number of hydrazone groups is 1. The minimum atomic E-state index is -1.72. The lowest BCUT2D eigenvalue weighted by Crippen LogP contribution is -2.39. The Morgan fingerprint density at radius 1 is 1.19 bits per heavy atom. The van der Waals surface area contributed by atoms with E-state index in [0.29, 0.717) is 22.3 Å². The average Bonchev–Trinajstić information content (AvgIpc) is 2.74. The van der Waals surface area contributed by atoms with Crippen molar-refractivity contribution in [1.29, 1.82) is 0 Å². The van der Waals surface area contributed by atoms with Gasteiger partial charge in [-0.05, 0) is 67.6 Å². The van der Waals surface area contributed by atoms with Gasteiger partial charge in [-0.2, -0.15) is 0 Å². The van der Waals surface area contributed by atoms with E-state index >= 15 is 0 Å². The van der Waals surface area contributed by atoms with E-state index in [-0.39, 0.29) is 5.84 Å². The third-order valence-electron chi connectivity index (χ3n) is 6.70. The van der Waals surface area contributed by atoms with E-state index in [1.54, 1.807) is 0 Å². The van der Waals surface area contributed by atoms with Crippen molar-refractivity contribution >= 4 is 16.8 Å². The second-order valence-corrected chi connectivity index (χ2v) is 9.83. The Morgan fingerprint density at radius 2 is 1.88 bits per heavy atom. The van der Waals surface area contributed by atoms with Crippen molar-refractivity contribution in [3.63, 3.8) is 0 Å². The zero-order valence-corrected chi connectivity index (χ0v) is 19.3. The van der Waals surface area contributed by atoms with Gasteiger partial charge >= 0.3 is 0 Å². The summed E-state index contributed by atoms with van der Waals surface area (Å²) in [6, 6.07) is 12.5. The molecule has 2 aliphatic heterocycles. The SMILES string of the molecule is CN1CCC(Cc2ccc(-c3ccc(C4CNC4)cc3)c(/C(N)=N/NN)c2S(N)=O)CC1. The Bertz CT molecular complexity index is 996. The molecule has 2 fully saturated rings. The van der Waals surface area contributed by atoms with Gasteiger partial charge in [0.15, 0.2) is 5.84 Å². The number of nitrogens with one attached hydrogen (secondary N) is 2. The first kappa shape index (κ1) is 22.9. The van der Waals surface area contributed by atoms with Crippen molar-refractivity contribution < 1.29 is 4.21 Å². The van der Waals surface area contributed by atoms with Gasteiger partial charge in [0.05, 0.1) is 4.90 Å². The maximum Gasteiger partial charge on any atom is 0.154 e. The minimum absolute atomic E-state index is 0.175. The van der Waals surface area contributed by atoms with Crippen LogP contribution in [-0.2, 0) is 17.4 Å². The van der Waals surface area contributed by atoms with E-state index in [1.165, 1.54) is 5.56 Å². The Labute approximate surface area is 192 Å². The van der Waals surface area contributed by atoms with Crippen LogP contribution in [0.5, 0.6) is 0 Å². The molecule has 1 atom stereocenters. The van der Waals surface area contributed by atoms with Crippen LogP contribution in [0.2, 0.25) is 0 Å². The number of hydrogen-bond acceptors (Lipinski definition) is 6. The number of piperidine rings is 1. The Hall–Kier alpha value is -2.30. The van der Waals surface area contributed by atoms with Gasteiger partial charge in [0.2, 0.25) is 0 Å². The molecule has 0 aliphatic carbocycles.